The van der Waals surface area contributed by atoms with Crippen molar-refractivity contribution in [2.45, 2.75) is 42.8 Å². The summed E-state index contributed by atoms with van der Waals surface area (Å²) in [5.74, 6) is 0. The van der Waals surface area contributed by atoms with Crippen LogP contribution in [0.4, 0.5) is 0 Å². The number of hydrogen-bond acceptors (Lipinski definition) is 3. The summed E-state index contributed by atoms with van der Waals surface area (Å²) in [5.41, 5.74) is 1.30. The highest BCUT2D eigenvalue weighted by atomic mass is 35.5. The maximum atomic E-state index is 6.15. The minimum absolute atomic E-state index is 0.116. The van der Waals surface area contributed by atoms with E-state index in [4.69, 9.17) is 11.6 Å². The van der Waals surface area contributed by atoms with Crippen molar-refractivity contribution in [3.8, 4) is 0 Å². The van der Waals surface area contributed by atoms with E-state index in [2.05, 4.69) is 37.1 Å². The van der Waals surface area contributed by atoms with Crippen LogP contribution in [0, 0.1) is 0 Å². The number of hydrogen-bond donors (Lipinski definition) is 1. The third kappa shape index (κ3) is 4.82. The second-order valence-electron chi connectivity index (χ2n) is 5.64. The van der Waals surface area contributed by atoms with Gasteiger partial charge in [0.1, 0.15) is 5.03 Å². The lowest BCUT2D eigenvalue weighted by Gasteiger charge is -2.20. The van der Waals surface area contributed by atoms with E-state index in [1.165, 1.54) is 5.56 Å². The average Bonchev–Trinajstić information content (AvgIpc) is 2.40. The Hall–Kier alpha value is -1.03. The van der Waals surface area contributed by atoms with Crippen LogP contribution in [0.15, 0.2) is 52.5 Å². The molecule has 0 atom stereocenters. The van der Waals surface area contributed by atoms with Gasteiger partial charge in [0.05, 0.1) is 5.02 Å². The molecule has 0 unspecified atom stereocenters. The first-order chi connectivity index (χ1) is 9.44. The molecular weight excluding hydrogens is 288 g/mol. The first-order valence-corrected chi connectivity index (χ1v) is 7.76. The zero-order chi connectivity index (χ0) is 14.6. The number of rotatable bonds is 4. The lowest BCUT2D eigenvalue weighted by molar-refractivity contribution is 0.424. The van der Waals surface area contributed by atoms with Crippen molar-refractivity contribution in [3.05, 3.63) is 53.2 Å². The summed E-state index contributed by atoms with van der Waals surface area (Å²) in [6, 6.07) is 11.9. The van der Waals surface area contributed by atoms with Crippen LogP contribution >= 0.6 is 23.4 Å². The number of aromatic nitrogens is 1. The lowest BCUT2D eigenvalue weighted by atomic mass is 10.1. The van der Waals surface area contributed by atoms with Gasteiger partial charge in [-0.25, -0.2) is 4.98 Å². The Morgan fingerprint density at radius 3 is 2.50 bits per heavy atom. The van der Waals surface area contributed by atoms with Crippen molar-refractivity contribution in [3.63, 3.8) is 0 Å². The van der Waals surface area contributed by atoms with Gasteiger partial charge in [0.25, 0.3) is 0 Å². The first-order valence-electron chi connectivity index (χ1n) is 6.56. The predicted molar refractivity (Wildman–Crippen MR) is 86.4 cm³/mol. The fourth-order valence-corrected chi connectivity index (χ4v) is 2.61. The molecule has 0 aliphatic rings. The van der Waals surface area contributed by atoms with Gasteiger partial charge >= 0.3 is 0 Å². The summed E-state index contributed by atoms with van der Waals surface area (Å²) in [4.78, 5) is 5.51. The van der Waals surface area contributed by atoms with Gasteiger partial charge in [0, 0.05) is 23.2 Å². The van der Waals surface area contributed by atoms with Gasteiger partial charge in [-0.15, -0.1) is 0 Å². The van der Waals surface area contributed by atoms with Gasteiger partial charge in [-0.05, 0) is 44.5 Å². The van der Waals surface area contributed by atoms with Crippen molar-refractivity contribution in [2.24, 2.45) is 0 Å². The van der Waals surface area contributed by atoms with Crippen LogP contribution in [-0.4, -0.2) is 10.5 Å². The summed E-state index contributed by atoms with van der Waals surface area (Å²) in [6.07, 6.45) is 1.91. The van der Waals surface area contributed by atoms with Crippen LogP contribution in [0.2, 0.25) is 5.02 Å². The maximum absolute atomic E-state index is 6.15. The third-order valence-electron chi connectivity index (χ3n) is 2.67. The van der Waals surface area contributed by atoms with Gasteiger partial charge in [-0.2, -0.15) is 0 Å². The van der Waals surface area contributed by atoms with E-state index in [9.17, 15) is 0 Å². The highest BCUT2D eigenvalue weighted by Crippen LogP contribution is 2.31. The molecular formula is C16H19ClN2S. The monoisotopic (exact) mass is 306 g/mol. The standard InChI is InChI=1S/C16H19ClN2S/c1-16(2,3)19-11-12-8-9-15(18-10-12)20-14-7-5-4-6-13(14)17/h4-10,19H,11H2,1-3H3. The minimum Gasteiger partial charge on any atom is -0.308 e. The molecule has 1 aromatic carbocycles. The Morgan fingerprint density at radius 1 is 1.15 bits per heavy atom. The summed E-state index contributed by atoms with van der Waals surface area (Å²) in [7, 11) is 0. The SMILES string of the molecule is CC(C)(C)NCc1ccc(Sc2ccccc2Cl)nc1. The highest BCUT2D eigenvalue weighted by molar-refractivity contribution is 7.99. The number of benzene rings is 1. The molecule has 0 spiro atoms. The summed E-state index contributed by atoms with van der Waals surface area (Å²) in [5, 5.41) is 5.17. The normalized spacial score (nSPS) is 11.6. The van der Waals surface area contributed by atoms with E-state index >= 15 is 0 Å². The topological polar surface area (TPSA) is 24.9 Å². The van der Waals surface area contributed by atoms with Crippen molar-refractivity contribution in [1.29, 1.82) is 0 Å². The molecule has 0 bridgehead atoms. The summed E-state index contributed by atoms with van der Waals surface area (Å²) in [6.45, 7) is 7.29. The minimum atomic E-state index is 0.116. The molecule has 0 radical (unpaired) electrons. The van der Waals surface area contributed by atoms with E-state index in [-0.39, 0.29) is 5.54 Å². The molecule has 0 fully saturated rings. The molecule has 1 heterocycles. The van der Waals surface area contributed by atoms with Crippen molar-refractivity contribution >= 4 is 23.4 Å². The van der Waals surface area contributed by atoms with E-state index in [1.54, 1.807) is 11.8 Å². The molecule has 0 saturated carbocycles. The van der Waals surface area contributed by atoms with Crippen molar-refractivity contribution in [2.75, 3.05) is 0 Å². The zero-order valence-corrected chi connectivity index (χ0v) is 13.6. The zero-order valence-electron chi connectivity index (χ0n) is 12.0. The largest absolute Gasteiger partial charge is 0.308 e. The number of nitrogens with one attached hydrogen (secondary N) is 1. The second-order valence-corrected chi connectivity index (χ2v) is 7.11. The van der Waals surface area contributed by atoms with E-state index in [0.717, 1.165) is 21.5 Å². The van der Waals surface area contributed by atoms with Gasteiger partial charge in [0.2, 0.25) is 0 Å². The Bertz CT molecular complexity index is 561. The van der Waals surface area contributed by atoms with Crippen LogP contribution in [0.25, 0.3) is 0 Å². The smallest absolute Gasteiger partial charge is 0.101 e. The lowest BCUT2D eigenvalue weighted by Crippen LogP contribution is -2.35. The van der Waals surface area contributed by atoms with Crippen LogP contribution in [-0.2, 0) is 6.54 Å². The predicted octanol–water partition coefficient (Wildman–Crippen LogP) is 4.77. The van der Waals surface area contributed by atoms with E-state index in [0.29, 0.717) is 0 Å². The molecule has 4 heteroatoms. The van der Waals surface area contributed by atoms with Crippen molar-refractivity contribution in [1.82, 2.24) is 10.3 Å². The Kier molecular flexibility index (Phi) is 5.08. The van der Waals surface area contributed by atoms with Crippen LogP contribution < -0.4 is 5.32 Å². The molecule has 1 aromatic heterocycles. The fourth-order valence-electron chi connectivity index (χ4n) is 1.58. The molecule has 0 saturated heterocycles. The van der Waals surface area contributed by atoms with Gasteiger partial charge in [-0.1, -0.05) is 41.6 Å². The van der Waals surface area contributed by atoms with Crippen LogP contribution in [0.1, 0.15) is 26.3 Å². The number of nitrogens with zero attached hydrogens (tertiary/aromatic N) is 1. The van der Waals surface area contributed by atoms with Crippen LogP contribution in [0.3, 0.4) is 0 Å². The molecule has 0 amide bonds. The van der Waals surface area contributed by atoms with E-state index < -0.39 is 0 Å². The quantitative estimate of drug-likeness (QED) is 0.880. The molecule has 1 N–H and O–H groups in total. The summed E-state index contributed by atoms with van der Waals surface area (Å²) < 4.78 is 0. The molecule has 106 valence electrons. The van der Waals surface area contributed by atoms with Crippen LogP contribution in [0.5, 0.6) is 0 Å². The Labute approximate surface area is 130 Å². The van der Waals surface area contributed by atoms with Gasteiger partial charge in [0.15, 0.2) is 0 Å². The fraction of sp³-hybridized carbons (Fsp3) is 0.312. The number of pyridine rings is 1. The average molecular weight is 307 g/mol. The molecule has 2 nitrogen and oxygen atoms in total. The number of halogens is 1. The highest BCUT2D eigenvalue weighted by Gasteiger charge is 2.08. The molecule has 0 aliphatic carbocycles. The Balaban J connectivity index is 2.00. The van der Waals surface area contributed by atoms with Gasteiger partial charge < -0.3 is 5.32 Å². The van der Waals surface area contributed by atoms with Crippen molar-refractivity contribution < 1.29 is 0 Å². The van der Waals surface area contributed by atoms with E-state index in [1.807, 2.05) is 36.5 Å². The Morgan fingerprint density at radius 2 is 1.90 bits per heavy atom. The van der Waals surface area contributed by atoms with Gasteiger partial charge in [-0.3, -0.25) is 0 Å². The first kappa shape index (κ1) is 15.4. The molecule has 0 aliphatic heterocycles. The molecule has 20 heavy (non-hydrogen) atoms. The third-order valence-corrected chi connectivity index (χ3v) is 4.14. The molecule has 2 aromatic rings. The molecule has 2 rings (SSSR count). The maximum Gasteiger partial charge on any atom is 0.101 e. The second kappa shape index (κ2) is 6.61. The summed E-state index contributed by atoms with van der Waals surface area (Å²) >= 11 is 7.73.